The van der Waals surface area contributed by atoms with Gasteiger partial charge in [-0.2, -0.15) is 4.31 Å². The summed E-state index contributed by atoms with van der Waals surface area (Å²) < 4.78 is 33.1. The van der Waals surface area contributed by atoms with E-state index >= 15 is 0 Å². The molecule has 1 fully saturated rings. The summed E-state index contributed by atoms with van der Waals surface area (Å²) in [6.45, 7) is 3.21. The zero-order valence-corrected chi connectivity index (χ0v) is 14.9. The average Bonchev–Trinajstić information content (AvgIpc) is 2.84. The molecule has 1 aromatic rings. The van der Waals surface area contributed by atoms with Crippen molar-refractivity contribution < 1.29 is 13.2 Å². The molecule has 1 aliphatic heterocycles. The highest BCUT2D eigenvalue weighted by molar-refractivity contribution is 9.10. The van der Waals surface area contributed by atoms with Crippen molar-refractivity contribution in [3.63, 3.8) is 0 Å². The molecule has 0 bridgehead atoms. The summed E-state index contributed by atoms with van der Waals surface area (Å²) in [7, 11) is -0.0525. The molecule has 0 spiro atoms. The number of rotatable bonds is 5. The van der Waals surface area contributed by atoms with Crippen molar-refractivity contribution in [1.82, 2.24) is 9.62 Å². The molecule has 2 rings (SSSR count). The van der Waals surface area contributed by atoms with Crippen molar-refractivity contribution in [2.24, 2.45) is 0 Å². The first-order valence-corrected chi connectivity index (χ1v) is 9.14. The van der Waals surface area contributed by atoms with Crippen LogP contribution in [-0.4, -0.2) is 45.6 Å². The Morgan fingerprint density at radius 3 is 2.71 bits per heavy atom. The van der Waals surface area contributed by atoms with E-state index in [-0.39, 0.29) is 12.1 Å². The number of likely N-dealkylation sites (N-methyl/N-ethyl adjacent to an activating group) is 1. The van der Waals surface area contributed by atoms with Crippen molar-refractivity contribution >= 4 is 26.0 Å². The lowest BCUT2D eigenvalue weighted by Gasteiger charge is -2.26. The van der Waals surface area contributed by atoms with E-state index in [9.17, 15) is 8.42 Å². The summed E-state index contributed by atoms with van der Waals surface area (Å²) in [4.78, 5) is 0.295. The molecule has 21 heavy (non-hydrogen) atoms. The maximum Gasteiger partial charge on any atom is 0.244 e. The van der Waals surface area contributed by atoms with Gasteiger partial charge in [0, 0.05) is 24.7 Å². The van der Waals surface area contributed by atoms with Crippen molar-refractivity contribution in [2.75, 3.05) is 20.7 Å². The molecular formula is C14H21BrN2O3S. The number of benzene rings is 1. The minimum atomic E-state index is -3.53. The lowest BCUT2D eigenvalue weighted by molar-refractivity contribution is 0.102. The summed E-state index contributed by atoms with van der Waals surface area (Å²) >= 11 is 3.38. The van der Waals surface area contributed by atoms with Crippen LogP contribution in [0.4, 0.5) is 0 Å². The van der Waals surface area contributed by atoms with E-state index in [4.69, 9.17) is 4.74 Å². The highest BCUT2D eigenvalue weighted by atomic mass is 79.9. The van der Waals surface area contributed by atoms with Gasteiger partial charge in [-0.15, -0.1) is 0 Å². The first kappa shape index (κ1) is 16.9. The van der Waals surface area contributed by atoms with Crippen LogP contribution in [0.2, 0.25) is 0 Å². The van der Waals surface area contributed by atoms with Gasteiger partial charge < -0.3 is 10.1 Å². The maximum absolute atomic E-state index is 12.8. The van der Waals surface area contributed by atoms with Gasteiger partial charge in [0.1, 0.15) is 0 Å². The molecule has 1 saturated heterocycles. The SMILES string of the molecule is CNCc1ccc(S(=O)(=O)N(C)C2CCOC2C)c(Br)c1. The Kier molecular flexibility index (Phi) is 5.43. The van der Waals surface area contributed by atoms with Gasteiger partial charge >= 0.3 is 0 Å². The van der Waals surface area contributed by atoms with Crippen LogP contribution in [0, 0.1) is 0 Å². The van der Waals surface area contributed by atoms with Crippen LogP contribution in [0.5, 0.6) is 0 Å². The first-order valence-electron chi connectivity index (χ1n) is 6.90. The van der Waals surface area contributed by atoms with Gasteiger partial charge in [0.05, 0.1) is 17.0 Å². The molecule has 2 atom stereocenters. The van der Waals surface area contributed by atoms with E-state index in [0.29, 0.717) is 22.5 Å². The van der Waals surface area contributed by atoms with Gasteiger partial charge in [0.15, 0.2) is 0 Å². The quantitative estimate of drug-likeness (QED) is 0.853. The molecule has 0 amide bonds. The maximum atomic E-state index is 12.8. The molecule has 0 aliphatic carbocycles. The van der Waals surface area contributed by atoms with Crippen LogP contribution in [0.3, 0.4) is 0 Å². The molecular weight excluding hydrogens is 356 g/mol. The van der Waals surface area contributed by atoms with Crippen LogP contribution < -0.4 is 5.32 Å². The standard InChI is InChI=1S/C14H21BrN2O3S/c1-10-13(6-7-20-10)17(3)21(18,19)14-5-4-11(9-16-2)8-12(14)15/h4-5,8,10,13,16H,6-7,9H2,1-3H3. The molecule has 7 heteroatoms. The third-order valence-corrected chi connectivity index (χ3v) is 6.70. The fourth-order valence-electron chi connectivity index (χ4n) is 2.60. The highest BCUT2D eigenvalue weighted by Crippen LogP contribution is 2.29. The predicted octanol–water partition coefficient (Wildman–Crippen LogP) is 1.97. The van der Waals surface area contributed by atoms with Gasteiger partial charge in [-0.25, -0.2) is 8.42 Å². The molecule has 1 N–H and O–H groups in total. The Hall–Kier alpha value is -0.470. The Bertz CT molecular complexity index is 606. The number of nitrogens with zero attached hydrogens (tertiary/aromatic N) is 1. The summed E-state index contributed by atoms with van der Waals surface area (Å²) in [6, 6.07) is 5.21. The summed E-state index contributed by atoms with van der Waals surface area (Å²) in [5.41, 5.74) is 1.03. The zero-order valence-electron chi connectivity index (χ0n) is 12.5. The Labute approximate surface area is 134 Å². The number of hydrogen-bond acceptors (Lipinski definition) is 4. The van der Waals surface area contributed by atoms with Crippen molar-refractivity contribution in [3.8, 4) is 0 Å². The number of halogens is 1. The van der Waals surface area contributed by atoms with Crippen LogP contribution in [-0.2, 0) is 21.3 Å². The predicted molar refractivity (Wildman–Crippen MR) is 85.7 cm³/mol. The van der Waals surface area contributed by atoms with Gasteiger partial charge in [0.25, 0.3) is 0 Å². The van der Waals surface area contributed by atoms with E-state index in [1.165, 1.54) is 4.31 Å². The largest absolute Gasteiger partial charge is 0.377 e. The van der Waals surface area contributed by atoms with Gasteiger partial charge in [-0.1, -0.05) is 6.07 Å². The molecule has 1 aromatic carbocycles. The normalized spacial score (nSPS) is 22.9. The second-order valence-corrected chi connectivity index (χ2v) is 8.07. The monoisotopic (exact) mass is 376 g/mol. The molecule has 0 radical (unpaired) electrons. The molecule has 118 valence electrons. The van der Waals surface area contributed by atoms with Crippen LogP contribution >= 0.6 is 15.9 Å². The van der Waals surface area contributed by atoms with Crippen molar-refractivity contribution in [2.45, 2.75) is 36.9 Å². The van der Waals surface area contributed by atoms with E-state index in [1.807, 2.05) is 26.1 Å². The fourth-order valence-corrected chi connectivity index (χ4v) is 5.13. The van der Waals surface area contributed by atoms with Gasteiger partial charge in [-0.05, 0) is 54.0 Å². The Morgan fingerprint density at radius 2 is 2.19 bits per heavy atom. The Balaban J connectivity index is 2.30. The number of hydrogen-bond donors (Lipinski definition) is 1. The van der Waals surface area contributed by atoms with Crippen molar-refractivity contribution in [1.29, 1.82) is 0 Å². The first-order chi connectivity index (χ1) is 9.87. The average molecular weight is 377 g/mol. The number of ether oxygens (including phenoxy) is 1. The minimum absolute atomic E-state index is 0.0767. The third-order valence-electron chi connectivity index (χ3n) is 3.84. The molecule has 0 aromatic heterocycles. The summed E-state index contributed by atoms with van der Waals surface area (Å²) in [6.07, 6.45) is 0.652. The lowest BCUT2D eigenvalue weighted by atomic mass is 10.2. The second kappa shape index (κ2) is 6.75. The van der Waals surface area contributed by atoms with E-state index in [1.54, 1.807) is 13.1 Å². The second-order valence-electron chi connectivity index (χ2n) is 5.25. The Morgan fingerprint density at radius 1 is 1.48 bits per heavy atom. The topological polar surface area (TPSA) is 58.6 Å². The number of sulfonamides is 1. The molecule has 1 aliphatic rings. The van der Waals surface area contributed by atoms with E-state index < -0.39 is 10.0 Å². The lowest BCUT2D eigenvalue weighted by Crippen LogP contribution is -2.41. The van der Waals surface area contributed by atoms with Crippen LogP contribution in [0.15, 0.2) is 27.6 Å². The molecule has 5 nitrogen and oxygen atoms in total. The fraction of sp³-hybridized carbons (Fsp3) is 0.571. The smallest absolute Gasteiger partial charge is 0.244 e. The summed E-state index contributed by atoms with van der Waals surface area (Å²) in [5.74, 6) is 0. The third kappa shape index (κ3) is 3.48. The molecule has 0 saturated carbocycles. The summed E-state index contributed by atoms with van der Waals surface area (Å²) in [5, 5.41) is 3.05. The minimum Gasteiger partial charge on any atom is -0.377 e. The van der Waals surface area contributed by atoms with Crippen molar-refractivity contribution in [3.05, 3.63) is 28.2 Å². The molecule has 2 unspecified atom stereocenters. The van der Waals surface area contributed by atoms with Gasteiger partial charge in [0.2, 0.25) is 10.0 Å². The van der Waals surface area contributed by atoms with Crippen LogP contribution in [0.1, 0.15) is 18.9 Å². The molecule has 1 heterocycles. The number of nitrogens with one attached hydrogen (secondary N) is 1. The van der Waals surface area contributed by atoms with Crippen LogP contribution in [0.25, 0.3) is 0 Å². The van der Waals surface area contributed by atoms with E-state index in [0.717, 1.165) is 12.0 Å². The van der Waals surface area contributed by atoms with E-state index in [2.05, 4.69) is 21.2 Å². The zero-order chi connectivity index (χ0) is 15.6. The van der Waals surface area contributed by atoms with Gasteiger partial charge in [-0.3, -0.25) is 0 Å². The highest BCUT2D eigenvalue weighted by Gasteiger charge is 2.36.